The number of aromatic nitrogens is 2. The van der Waals surface area contributed by atoms with E-state index in [0.717, 1.165) is 49.6 Å². The number of hydrogen-bond donors (Lipinski definition) is 3. The summed E-state index contributed by atoms with van der Waals surface area (Å²) in [4.78, 5) is 12.1. The second kappa shape index (κ2) is 7.95. The van der Waals surface area contributed by atoms with E-state index in [-0.39, 0.29) is 0 Å². The Bertz CT molecular complexity index is 800. The number of benzene rings is 1. The first kappa shape index (κ1) is 17.7. The van der Waals surface area contributed by atoms with Crippen LogP contribution in [0.2, 0.25) is 0 Å². The molecule has 1 aromatic carbocycles. The monoisotopic (exact) mass is 378 g/mol. The molecular weight excluding hydrogens is 348 g/mol. The van der Waals surface area contributed by atoms with Crippen LogP contribution in [0.3, 0.4) is 0 Å². The van der Waals surface area contributed by atoms with E-state index in [9.17, 15) is 0 Å². The molecule has 1 aliphatic carbocycles. The van der Waals surface area contributed by atoms with Gasteiger partial charge in [0.25, 0.3) is 0 Å². The fraction of sp³-hybridized carbons (Fsp3) is 0.545. The van der Waals surface area contributed by atoms with Crippen LogP contribution in [0.5, 0.6) is 0 Å². The molecule has 0 saturated heterocycles. The van der Waals surface area contributed by atoms with Gasteiger partial charge in [0.05, 0.1) is 11.6 Å². The fourth-order valence-corrected chi connectivity index (χ4v) is 4.79. The van der Waals surface area contributed by atoms with E-state index in [2.05, 4.69) is 51.4 Å². The van der Waals surface area contributed by atoms with Gasteiger partial charge in [-0.3, -0.25) is 0 Å². The van der Waals surface area contributed by atoms with Crippen molar-refractivity contribution >= 4 is 17.6 Å². The molecule has 0 spiro atoms. The van der Waals surface area contributed by atoms with E-state index in [1.54, 1.807) is 0 Å². The molecule has 1 aromatic heterocycles. The lowest BCUT2D eigenvalue weighted by molar-refractivity contribution is 0.482. The fourth-order valence-electron chi connectivity index (χ4n) is 4.79. The summed E-state index contributed by atoms with van der Waals surface area (Å²) in [6, 6.07) is 11.0. The number of nitrogens with one attached hydrogen (secondary N) is 3. The Balaban J connectivity index is 1.36. The zero-order chi connectivity index (χ0) is 18.8. The molecule has 1 saturated carbocycles. The number of nitrogens with zero attached hydrogens (tertiary/aromatic N) is 3. The summed E-state index contributed by atoms with van der Waals surface area (Å²) in [5, 5.41) is 3.55. The Labute approximate surface area is 167 Å². The van der Waals surface area contributed by atoms with Crippen molar-refractivity contribution in [2.75, 3.05) is 28.7 Å². The van der Waals surface area contributed by atoms with E-state index in [1.807, 2.05) is 0 Å². The first-order valence-electron chi connectivity index (χ1n) is 10.8. The van der Waals surface area contributed by atoms with Crippen molar-refractivity contribution in [1.29, 1.82) is 0 Å². The second-order valence-electron chi connectivity index (χ2n) is 8.39. The van der Waals surface area contributed by atoms with Gasteiger partial charge in [-0.25, -0.2) is 5.43 Å². The molecule has 2 aromatic rings. The van der Waals surface area contributed by atoms with E-state index in [1.165, 1.54) is 49.7 Å². The third-order valence-corrected chi connectivity index (χ3v) is 6.37. The Morgan fingerprint density at radius 1 is 1.00 bits per heavy atom. The molecule has 6 nitrogen and oxygen atoms in total. The van der Waals surface area contributed by atoms with Crippen molar-refractivity contribution in [2.45, 2.75) is 57.5 Å². The van der Waals surface area contributed by atoms with Crippen molar-refractivity contribution in [3.05, 3.63) is 41.5 Å². The van der Waals surface area contributed by atoms with Crippen molar-refractivity contribution in [3.8, 4) is 0 Å². The van der Waals surface area contributed by atoms with Crippen LogP contribution in [-0.2, 0) is 6.54 Å². The maximum absolute atomic E-state index is 4.97. The van der Waals surface area contributed by atoms with Crippen molar-refractivity contribution < 1.29 is 0 Å². The highest BCUT2D eigenvalue weighted by molar-refractivity contribution is 5.67. The molecule has 2 aliphatic heterocycles. The van der Waals surface area contributed by atoms with Crippen LogP contribution in [-0.4, -0.2) is 23.1 Å². The third kappa shape index (κ3) is 3.65. The number of anilines is 3. The van der Waals surface area contributed by atoms with Gasteiger partial charge in [0.15, 0.2) is 5.82 Å². The largest absolute Gasteiger partial charge is 0.354 e. The van der Waals surface area contributed by atoms with Crippen LogP contribution < -0.4 is 21.1 Å². The summed E-state index contributed by atoms with van der Waals surface area (Å²) in [5.41, 5.74) is 9.21. The van der Waals surface area contributed by atoms with E-state index < -0.39 is 0 Å². The summed E-state index contributed by atoms with van der Waals surface area (Å²) >= 11 is 0. The number of hydrogen-bond acceptors (Lipinski definition) is 6. The molecule has 3 N–H and O–H groups in total. The average molecular weight is 379 g/mol. The first-order valence-corrected chi connectivity index (χ1v) is 10.8. The van der Waals surface area contributed by atoms with Crippen LogP contribution in [0.1, 0.15) is 62.1 Å². The highest BCUT2D eigenvalue weighted by Crippen LogP contribution is 2.41. The van der Waals surface area contributed by atoms with Gasteiger partial charge < -0.3 is 15.6 Å². The van der Waals surface area contributed by atoms with E-state index in [4.69, 9.17) is 9.97 Å². The van der Waals surface area contributed by atoms with Crippen molar-refractivity contribution in [1.82, 2.24) is 15.4 Å². The lowest BCUT2D eigenvalue weighted by atomic mass is 10.0. The van der Waals surface area contributed by atoms with Crippen LogP contribution in [0.25, 0.3) is 0 Å². The minimum absolute atomic E-state index is 0.313. The Kier molecular flexibility index (Phi) is 5.04. The average Bonchev–Trinajstić information content (AvgIpc) is 2.96. The summed E-state index contributed by atoms with van der Waals surface area (Å²) in [6.45, 7) is 2.87. The minimum Gasteiger partial charge on any atom is -0.354 e. The molecule has 3 heterocycles. The van der Waals surface area contributed by atoms with Crippen molar-refractivity contribution in [3.63, 3.8) is 0 Å². The van der Waals surface area contributed by atoms with Crippen LogP contribution in [0.15, 0.2) is 30.3 Å². The Morgan fingerprint density at radius 3 is 2.64 bits per heavy atom. The second-order valence-corrected chi connectivity index (χ2v) is 8.39. The highest BCUT2D eigenvalue weighted by Gasteiger charge is 2.34. The summed E-state index contributed by atoms with van der Waals surface area (Å²) in [6.07, 6.45) is 9.22. The quantitative estimate of drug-likeness (QED) is 0.677. The maximum atomic E-state index is 4.97. The molecular formula is C22H30N6. The summed E-state index contributed by atoms with van der Waals surface area (Å²) in [5.74, 6) is 3.52. The lowest BCUT2D eigenvalue weighted by Gasteiger charge is -2.32. The minimum atomic E-state index is 0.313. The predicted molar refractivity (Wildman–Crippen MR) is 113 cm³/mol. The zero-order valence-electron chi connectivity index (χ0n) is 16.5. The first-order chi connectivity index (χ1) is 13.9. The van der Waals surface area contributed by atoms with Crippen LogP contribution in [0.4, 0.5) is 17.6 Å². The number of hydrazine groups is 1. The van der Waals surface area contributed by atoms with Gasteiger partial charge in [0, 0.05) is 19.6 Å². The molecule has 148 valence electrons. The molecule has 0 bridgehead atoms. The Hall–Kier alpha value is -2.34. The SMILES string of the molecule is c1ccc(CN2CCC3NNc4nc(NCC5CCCCCC5)nc2c43)cc1. The highest BCUT2D eigenvalue weighted by atomic mass is 15.4. The molecule has 28 heavy (non-hydrogen) atoms. The molecule has 0 radical (unpaired) electrons. The predicted octanol–water partition coefficient (Wildman–Crippen LogP) is 4.24. The summed E-state index contributed by atoms with van der Waals surface area (Å²) in [7, 11) is 0. The lowest BCUT2D eigenvalue weighted by Crippen LogP contribution is -2.34. The van der Waals surface area contributed by atoms with Gasteiger partial charge in [-0.15, -0.1) is 0 Å². The topological polar surface area (TPSA) is 65.1 Å². The molecule has 1 atom stereocenters. The van der Waals surface area contributed by atoms with Crippen molar-refractivity contribution in [2.24, 2.45) is 5.92 Å². The third-order valence-electron chi connectivity index (χ3n) is 6.37. The smallest absolute Gasteiger partial charge is 0.226 e. The van der Waals surface area contributed by atoms with E-state index >= 15 is 0 Å². The molecule has 3 aliphatic rings. The normalized spacial score (nSPS) is 21.7. The van der Waals surface area contributed by atoms with Crippen LogP contribution in [0, 0.1) is 5.92 Å². The molecule has 5 rings (SSSR count). The zero-order valence-corrected chi connectivity index (χ0v) is 16.5. The van der Waals surface area contributed by atoms with E-state index in [0.29, 0.717) is 6.04 Å². The molecule has 1 unspecified atom stereocenters. The van der Waals surface area contributed by atoms with Gasteiger partial charge in [-0.1, -0.05) is 56.0 Å². The standard InChI is InChI=1S/C22H30N6/c1-2-5-9-16(8-4-1)14-23-22-24-20-19-18(26-27-20)12-13-28(21(19)25-22)15-17-10-6-3-7-11-17/h3,6-7,10-11,16,18,26H,1-2,4-5,8-9,12-15H2,(H2,23,24,25,27). The molecule has 6 heteroatoms. The Morgan fingerprint density at radius 2 is 1.82 bits per heavy atom. The van der Waals surface area contributed by atoms with Gasteiger partial charge >= 0.3 is 0 Å². The van der Waals surface area contributed by atoms with Gasteiger partial charge in [-0.05, 0) is 30.7 Å². The van der Waals surface area contributed by atoms with Gasteiger partial charge in [0.2, 0.25) is 5.95 Å². The van der Waals surface area contributed by atoms with Gasteiger partial charge in [-0.2, -0.15) is 9.97 Å². The van der Waals surface area contributed by atoms with Gasteiger partial charge in [0.1, 0.15) is 5.82 Å². The number of rotatable bonds is 5. The molecule has 1 fully saturated rings. The molecule has 0 amide bonds. The summed E-state index contributed by atoms with van der Waals surface area (Å²) < 4.78 is 0. The maximum Gasteiger partial charge on any atom is 0.226 e. The van der Waals surface area contributed by atoms with Crippen LogP contribution >= 0.6 is 0 Å².